The van der Waals surface area contributed by atoms with Crippen LogP contribution in [0.25, 0.3) is 6.08 Å². The largest absolute Gasteiger partial charge is 0.480 e. The highest BCUT2D eigenvalue weighted by molar-refractivity contribution is 8.26. The minimum Gasteiger partial charge on any atom is -0.480 e. The van der Waals surface area contributed by atoms with Crippen molar-refractivity contribution in [1.82, 2.24) is 4.90 Å². The molecule has 0 saturated carbocycles. The summed E-state index contributed by atoms with van der Waals surface area (Å²) >= 11 is 6.35. The molecular weight excluding hydrogens is 330 g/mol. The minimum atomic E-state index is -1.04. The highest BCUT2D eigenvalue weighted by Gasteiger charge is 2.39. The van der Waals surface area contributed by atoms with Gasteiger partial charge in [0.05, 0.1) is 4.91 Å². The number of hydrogen-bond acceptors (Lipinski definition) is 4. The maximum Gasteiger partial charge on any atom is 0.326 e. The van der Waals surface area contributed by atoms with Gasteiger partial charge in [-0.3, -0.25) is 9.69 Å². The predicted octanol–water partition coefficient (Wildman–Crippen LogP) is 3.87. The van der Waals surface area contributed by atoms with E-state index in [0.717, 1.165) is 17.3 Å². The standard InChI is InChI=1S/C17H19NO3S2/c1-4-13(16(20)21)18-15(19)14(23-17(18)22)9-11-5-7-12(8-6-11)10(2)3/h5-10,13H,4H2,1-3H3,(H,20,21)/b14-9-/t13-/m1/s1. The highest BCUT2D eigenvalue weighted by Crippen LogP contribution is 2.34. The monoisotopic (exact) mass is 349 g/mol. The van der Waals surface area contributed by atoms with Crippen LogP contribution in [-0.2, 0) is 9.59 Å². The topological polar surface area (TPSA) is 57.6 Å². The SMILES string of the molecule is CC[C@H](C(=O)O)N1C(=O)/C(=C/c2ccc(C(C)C)cc2)SC1=S. The molecule has 1 saturated heterocycles. The zero-order valence-corrected chi connectivity index (χ0v) is 14.9. The molecule has 0 unspecified atom stereocenters. The lowest BCUT2D eigenvalue weighted by atomic mass is 10.0. The van der Waals surface area contributed by atoms with E-state index in [2.05, 4.69) is 13.8 Å². The second kappa shape index (κ2) is 7.27. The zero-order chi connectivity index (χ0) is 17.1. The molecule has 1 aliphatic rings. The Bertz CT molecular complexity index is 665. The molecular formula is C17H19NO3S2. The molecule has 122 valence electrons. The van der Waals surface area contributed by atoms with E-state index in [1.807, 2.05) is 24.3 Å². The maximum atomic E-state index is 12.5. The summed E-state index contributed by atoms with van der Waals surface area (Å²) in [4.78, 5) is 25.4. The second-order valence-electron chi connectivity index (χ2n) is 5.64. The van der Waals surface area contributed by atoms with Crippen LogP contribution in [0.4, 0.5) is 0 Å². The fourth-order valence-corrected chi connectivity index (χ4v) is 3.70. The molecule has 1 N–H and O–H groups in total. The van der Waals surface area contributed by atoms with Crippen molar-refractivity contribution in [2.45, 2.75) is 39.2 Å². The van der Waals surface area contributed by atoms with Gasteiger partial charge in [-0.2, -0.15) is 0 Å². The summed E-state index contributed by atoms with van der Waals surface area (Å²) in [5.41, 5.74) is 2.13. The van der Waals surface area contributed by atoms with Gasteiger partial charge >= 0.3 is 5.97 Å². The molecule has 4 nitrogen and oxygen atoms in total. The molecule has 0 radical (unpaired) electrons. The summed E-state index contributed by atoms with van der Waals surface area (Å²) in [6, 6.07) is 7.07. The van der Waals surface area contributed by atoms with Gasteiger partial charge in [0, 0.05) is 0 Å². The van der Waals surface area contributed by atoms with E-state index in [4.69, 9.17) is 12.2 Å². The van der Waals surface area contributed by atoms with Gasteiger partial charge in [0.2, 0.25) is 0 Å². The first kappa shape index (κ1) is 17.7. The van der Waals surface area contributed by atoms with Gasteiger partial charge in [-0.05, 0) is 29.5 Å². The number of carbonyl (C=O) groups is 2. The lowest BCUT2D eigenvalue weighted by Crippen LogP contribution is -2.43. The van der Waals surface area contributed by atoms with E-state index in [9.17, 15) is 14.7 Å². The molecule has 23 heavy (non-hydrogen) atoms. The number of nitrogens with zero attached hydrogens (tertiary/aromatic N) is 1. The Morgan fingerprint density at radius 2 is 1.96 bits per heavy atom. The molecule has 1 atom stereocenters. The van der Waals surface area contributed by atoms with E-state index < -0.39 is 12.0 Å². The van der Waals surface area contributed by atoms with Crippen molar-refractivity contribution >= 4 is 46.3 Å². The third-order valence-electron chi connectivity index (χ3n) is 3.71. The van der Waals surface area contributed by atoms with E-state index in [1.54, 1.807) is 13.0 Å². The number of rotatable bonds is 5. The quantitative estimate of drug-likeness (QED) is 0.646. The molecule has 1 heterocycles. The smallest absolute Gasteiger partial charge is 0.326 e. The molecule has 0 aliphatic carbocycles. The van der Waals surface area contributed by atoms with Crippen LogP contribution in [0.15, 0.2) is 29.2 Å². The van der Waals surface area contributed by atoms with Gasteiger partial charge in [-0.1, -0.05) is 69.0 Å². The van der Waals surface area contributed by atoms with Gasteiger partial charge in [-0.15, -0.1) is 0 Å². The Labute approximate surface area is 145 Å². The molecule has 1 aromatic carbocycles. The van der Waals surface area contributed by atoms with Gasteiger partial charge < -0.3 is 5.11 Å². The molecule has 1 amide bonds. The Morgan fingerprint density at radius 1 is 1.35 bits per heavy atom. The Morgan fingerprint density at radius 3 is 2.43 bits per heavy atom. The Hall–Kier alpha value is -1.66. The first-order valence-corrected chi connectivity index (χ1v) is 8.67. The second-order valence-corrected chi connectivity index (χ2v) is 7.31. The number of hydrogen-bond donors (Lipinski definition) is 1. The van der Waals surface area contributed by atoms with E-state index >= 15 is 0 Å². The van der Waals surface area contributed by atoms with Crippen LogP contribution < -0.4 is 0 Å². The van der Waals surface area contributed by atoms with Crippen molar-refractivity contribution in [2.75, 3.05) is 0 Å². The zero-order valence-electron chi connectivity index (χ0n) is 13.3. The average Bonchev–Trinajstić information content (AvgIpc) is 2.76. The predicted molar refractivity (Wildman–Crippen MR) is 97.3 cm³/mol. The summed E-state index contributed by atoms with van der Waals surface area (Å²) in [5.74, 6) is -0.920. The highest BCUT2D eigenvalue weighted by atomic mass is 32.2. The molecule has 0 bridgehead atoms. The first-order valence-electron chi connectivity index (χ1n) is 7.45. The number of thioether (sulfide) groups is 1. The lowest BCUT2D eigenvalue weighted by molar-refractivity contribution is -0.145. The number of carboxylic acid groups (broad SMARTS) is 1. The number of carboxylic acids is 1. The average molecular weight is 349 g/mol. The minimum absolute atomic E-state index is 0.300. The van der Waals surface area contributed by atoms with Crippen molar-refractivity contribution in [3.8, 4) is 0 Å². The number of aliphatic carboxylic acids is 1. The maximum absolute atomic E-state index is 12.5. The van der Waals surface area contributed by atoms with Gasteiger partial charge in [0.25, 0.3) is 5.91 Å². The van der Waals surface area contributed by atoms with Crippen LogP contribution in [0.5, 0.6) is 0 Å². The summed E-state index contributed by atoms with van der Waals surface area (Å²) in [7, 11) is 0. The normalized spacial score (nSPS) is 18.1. The Balaban J connectivity index is 2.26. The van der Waals surface area contributed by atoms with Crippen LogP contribution in [0.1, 0.15) is 44.2 Å². The van der Waals surface area contributed by atoms with Crippen molar-refractivity contribution in [1.29, 1.82) is 0 Å². The number of carbonyl (C=O) groups excluding carboxylic acids is 1. The number of amides is 1. The Kier molecular flexibility index (Phi) is 5.59. The molecule has 2 rings (SSSR count). The van der Waals surface area contributed by atoms with E-state index in [-0.39, 0.29) is 5.91 Å². The number of thiocarbonyl (C=S) groups is 1. The van der Waals surface area contributed by atoms with Gasteiger partial charge in [0.15, 0.2) is 0 Å². The summed E-state index contributed by atoms with van der Waals surface area (Å²) in [5, 5.41) is 9.25. The van der Waals surface area contributed by atoms with Crippen molar-refractivity contribution in [3.05, 3.63) is 40.3 Å². The van der Waals surface area contributed by atoms with Crippen LogP contribution >= 0.6 is 24.0 Å². The van der Waals surface area contributed by atoms with Crippen molar-refractivity contribution < 1.29 is 14.7 Å². The molecule has 0 aromatic heterocycles. The van der Waals surface area contributed by atoms with Gasteiger partial charge in [-0.25, -0.2) is 4.79 Å². The molecule has 1 fully saturated rings. The molecule has 0 spiro atoms. The molecule has 1 aliphatic heterocycles. The van der Waals surface area contributed by atoms with E-state index in [1.165, 1.54) is 10.5 Å². The van der Waals surface area contributed by atoms with Crippen LogP contribution in [-0.4, -0.2) is 32.2 Å². The first-order chi connectivity index (χ1) is 10.8. The summed E-state index contributed by atoms with van der Waals surface area (Å²) < 4.78 is 0.300. The van der Waals surface area contributed by atoms with E-state index in [0.29, 0.717) is 21.6 Å². The third kappa shape index (κ3) is 3.82. The van der Waals surface area contributed by atoms with Crippen LogP contribution in [0.2, 0.25) is 0 Å². The van der Waals surface area contributed by atoms with Crippen LogP contribution in [0, 0.1) is 0 Å². The molecule has 1 aromatic rings. The number of benzene rings is 1. The summed E-state index contributed by atoms with van der Waals surface area (Å²) in [6.45, 7) is 5.97. The van der Waals surface area contributed by atoms with Gasteiger partial charge in [0.1, 0.15) is 10.4 Å². The molecule has 6 heteroatoms. The van der Waals surface area contributed by atoms with Crippen molar-refractivity contribution in [2.24, 2.45) is 0 Å². The summed E-state index contributed by atoms with van der Waals surface area (Å²) in [6.07, 6.45) is 2.08. The van der Waals surface area contributed by atoms with Crippen molar-refractivity contribution in [3.63, 3.8) is 0 Å². The fraction of sp³-hybridized carbons (Fsp3) is 0.353. The third-order valence-corrected chi connectivity index (χ3v) is 5.04. The van der Waals surface area contributed by atoms with Crippen LogP contribution in [0.3, 0.4) is 0 Å². The lowest BCUT2D eigenvalue weighted by Gasteiger charge is -2.21. The fourth-order valence-electron chi connectivity index (χ4n) is 2.34.